The Balaban J connectivity index is 2.47. The lowest BCUT2D eigenvalue weighted by molar-refractivity contribution is -0.141. The molecule has 1 heterocycles. The summed E-state index contributed by atoms with van der Waals surface area (Å²) in [7, 11) is 0. The van der Waals surface area contributed by atoms with Gasteiger partial charge in [-0.25, -0.2) is 0 Å². The van der Waals surface area contributed by atoms with Gasteiger partial charge in [-0.05, 0) is 37.6 Å². The monoisotopic (exact) mass is 304 g/mol. The highest BCUT2D eigenvalue weighted by atomic mass is 19.4. The molecule has 0 amide bonds. The van der Waals surface area contributed by atoms with Crippen molar-refractivity contribution < 1.29 is 27.8 Å². The number of hydrogen-bond donors (Lipinski definition) is 1. The molecule has 1 N–H and O–H groups in total. The molecule has 0 aliphatic carbocycles. The molecule has 1 fully saturated rings. The molecule has 6 heteroatoms. The third-order valence-electron chi connectivity index (χ3n) is 3.72. The van der Waals surface area contributed by atoms with Crippen LogP contribution < -0.4 is 0 Å². The van der Waals surface area contributed by atoms with Crippen LogP contribution in [0.25, 0.3) is 0 Å². The molecule has 1 saturated heterocycles. The lowest BCUT2D eigenvalue weighted by Crippen LogP contribution is -2.40. The zero-order valence-corrected chi connectivity index (χ0v) is 12.0. The molecule has 3 nitrogen and oxygen atoms in total. The van der Waals surface area contributed by atoms with Crippen molar-refractivity contribution in [2.24, 2.45) is 0 Å². The van der Waals surface area contributed by atoms with Crippen LogP contribution in [-0.4, -0.2) is 24.4 Å². The van der Waals surface area contributed by atoms with Crippen molar-refractivity contribution in [3.8, 4) is 5.75 Å². The quantitative estimate of drug-likeness (QED) is 0.922. The van der Waals surface area contributed by atoms with Gasteiger partial charge in [0, 0.05) is 19.4 Å². The van der Waals surface area contributed by atoms with Gasteiger partial charge >= 0.3 is 6.18 Å². The molecule has 1 aliphatic rings. The Bertz CT molecular complexity index is 497. The normalized spacial score (nSPS) is 26.8. The SMILES string of the molecule is CCOC1(c2cc(O)cc(C(F)(F)F)c2)CCOC(C)C1. The van der Waals surface area contributed by atoms with Gasteiger partial charge < -0.3 is 14.6 Å². The molecule has 0 saturated carbocycles. The first-order valence-corrected chi connectivity index (χ1v) is 6.94. The molecular formula is C15H19F3O3. The van der Waals surface area contributed by atoms with Crippen LogP contribution in [-0.2, 0) is 21.3 Å². The summed E-state index contributed by atoms with van der Waals surface area (Å²) >= 11 is 0. The lowest BCUT2D eigenvalue weighted by atomic mass is 9.82. The molecule has 2 atom stereocenters. The zero-order valence-electron chi connectivity index (χ0n) is 12.0. The summed E-state index contributed by atoms with van der Waals surface area (Å²) < 4.78 is 50.0. The molecule has 1 aromatic rings. The fraction of sp³-hybridized carbons (Fsp3) is 0.600. The van der Waals surface area contributed by atoms with Gasteiger partial charge in [0.1, 0.15) is 5.75 Å². The van der Waals surface area contributed by atoms with Crippen molar-refractivity contribution in [1.82, 2.24) is 0 Å². The van der Waals surface area contributed by atoms with Crippen molar-refractivity contribution in [2.45, 2.75) is 44.6 Å². The van der Waals surface area contributed by atoms with E-state index in [1.54, 1.807) is 6.92 Å². The van der Waals surface area contributed by atoms with Gasteiger partial charge in [-0.2, -0.15) is 13.2 Å². The maximum absolute atomic E-state index is 12.9. The predicted molar refractivity (Wildman–Crippen MR) is 71.1 cm³/mol. The van der Waals surface area contributed by atoms with E-state index < -0.39 is 23.1 Å². The van der Waals surface area contributed by atoms with Crippen LogP contribution >= 0.6 is 0 Å². The summed E-state index contributed by atoms with van der Waals surface area (Å²) in [5.41, 5.74) is -1.35. The Morgan fingerprint density at radius 3 is 2.67 bits per heavy atom. The summed E-state index contributed by atoms with van der Waals surface area (Å²) in [5, 5.41) is 9.65. The van der Waals surface area contributed by atoms with E-state index in [1.807, 2.05) is 6.92 Å². The Morgan fingerprint density at radius 1 is 1.38 bits per heavy atom. The van der Waals surface area contributed by atoms with Crippen LogP contribution in [0.5, 0.6) is 5.75 Å². The van der Waals surface area contributed by atoms with Crippen LogP contribution in [0.3, 0.4) is 0 Å². The number of hydrogen-bond acceptors (Lipinski definition) is 3. The lowest BCUT2D eigenvalue weighted by Gasteiger charge is -2.40. The Kier molecular flexibility index (Phi) is 4.49. The molecule has 1 aromatic carbocycles. The van der Waals surface area contributed by atoms with E-state index in [-0.39, 0.29) is 6.10 Å². The van der Waals surface area contributed by atoms with Crippen LogP contribution in [0.15, 0.2) is 18.2 Å². The predicted octanol–water partition coefficient (Wildman–Crippen LogP) is 3.84. The van der Waals surface area contributed by atoms with E-state index in [9.17, 15) is 18.3 Å². The van der Waals surface area contributed by atoms with Gasteiger partial charge in [0.15, 0.2) is 0 Å². The topological polar surface area (TPSA) is 38.7 Å². The van der Waals surface area contributed by atoms with E-state index in [0.717, 1.165) is 12.1 Å². The highest BCUT2D eigenvalue weighted by Crippen LogP contribution is 2.42. The van der Waals surface area contributed by atoms with E-state index in [0.29, 0.717) is 31.6 Å². The summed E-state index contributed by atoms with van der Waals surface area (Å²) in [6, 6.07) is 3.14. The molecule has 118 valence electrons. The second-order valence-corrected chi connectivity index (χ2v) is 5.33. The first-order chi connectivity index (χ1) is 9.77. The summed E-state index contributed by atoms with van der Waals surface area (Å²) in [5.74, 6) is -0.405. The van der Waals surface area contributed by atoms with Gasteiger partial charge in [0.05, 0.1) is 23.9 Å². The highest BCUT2D eigenvalue weighted by molar-refractivity contribution is 5.38. The van der Waals surface area contributed by atoms with Crippen molar-refractivity contribution in [3.63, 3.8) is 0 Å². The van der Waals surface area contributed by atoms with Gasteiger partial charge in [0.2, 0.25) is 0 Å². The van der Waals surface area contributed by atoms with Crippen LogP contribution in [0.1, 0.15) is 37.8 Å². The molecule has 2 unspecified atom stereocenters. The fourth-order valence-electron chi connectivity index (χ4n) is 2.84. The molecule has 0 aromatic heterocycles. The molecular weight excluding hydrogens is 285 g/mol. The van der Waals surface area contributed by atoms with Crippen LogP contribution in [0.4, 0.5) is 13.2 Å². The maximum atomic E-state index is 12.9. The Hall–Kier alpha value is -1.27. The third kappa shape index (κ3) is 3.49. The summed E-state index contributed by atoms with van der Waals surface area (Å²) in [6.45, 7) is 4.46. The number of phenolic OH excluding ortho intramolecular Hbond substituents is 1. The molecule has 2 rings (SSSR count). The van der Waals surface area contributed by atoms with Gasteiger partial charge in [-0.1, -0.05) is 0 Å². The minimum Gasteiger partial charge on any atom is -0.508 e. The van der Waals surface area contributed by atoms with E-state index >= 15 is 0 Å². The van der Waals surface area contributed by atoms with Crippen LogP contribution in [0, 0.1) is 0 Å². The minimum absolute atomic E-state index is 0.109. The number of benzene rings is 1. The van der Waals surface area contributed by atoms with Crippen molar-refractivity contribution in [2.75, 3.05) is 13.2 Å². The average Bonchev–Trinajstić information content (AvgIpc) is 2.37. The maximum Gasteiger partial charge on any atom is 0.416 e. The molecule has 0 bridgehead atoms. The van der Waals surface area contributed by atoms with E-state index in [4.69, 9.17) is 9.47 Å². The van der Waals surface area contributed by atoms with E-state index in [1.165, 1.54) is 6.07 Å². The summed E-state index contributed by atoms with van der Waals surface area (Å²) in [4.78, 5) is 0. The van der Waals surface area contributed by atoms with Gasteiger partial charge in [-0.15, -0.1) is 0 Å². The fourth-order valence-corrected chi connectivity index (χ4v) is 2.84. The number of aromatic hydroxyl groups is 1. The zero-order chi connectivity index (χ0) is 15.7. The molecule has 1 aliphatic heterocycles. The highest BCUT2D eigenvalue weighted by Gasteiger charge is 2.40. The standard InChI is InChI=1S/C15H19F3O3/c1-3-21-14(4-5-20-10(2)9-14)11-6-12(15(16,17)18)8-13(19)7-11/h6-8,10,19H,3-5,9H2,1-2H3. The number of alkyl halides is 3. The Labute approximate surface area is 121 Å². The second kappa shape index (κ2) is 5.85. The first kappa shape index (κ1) is 16.1. The minimum atomic E-state index is -4.50. The smallest absolute Gasteiger partial charge is 0.416 e. The number of phenols is 1. The van der Waals surface area contributed by atoms with Crippen molar-refractivity contribution in [1.29, 1.82) is 0 Å². The van der Waals surface area contributed by atoms with Crippen LogP contribution in [0.2, 0.25) is 0 Å². The number of halogens is 3. The largest absolute Gasteiger partial charge is 0.508 e. The molecule has 0 radical (unpaired) electrons. The average molecular weight is 304 g/mol. The number of ether oxygens (including phenoxy) is 2. The third-order valence-corrected chi connectivity index (χ3v) is 3.72. The molecule has 21 heavy (non-hydrogen) atoms. The molecule has 0 spiro atoms. The second-order valence-electron chi connectivity index (χ2n) is 5.33. The Morgan fingerprint density at radius 2 is 2.10 bits per heavy atom. The number of rotatable bonds is 3. The van der Waals surface area contributed by atoms with Crippen molar-refractivity contribution in [3.05, 3.63) is 29.3 Å². The van der Waals surface area contributed by atoms with Gasteiger partial charge in [0.25, 0.3) is 0 Å². The van der Waals surface area contributed by atoms with E-state index in [2.05, 4.69) is 0 Å². The first-order valence-electron chi connectivity index (χ1n) is 6.94. The van der Waals surface area contributed by atoms with Crippen molar-refractivity contribution >= 4 is 0 Å². The summed E-state index contributed by atoms with van der Waals surface area (Å²) in [6.07, 6.45) is -3.69. The van der Waals surface area contributed by atoms with Gasteiger partial charge in [-0.3, -0.25) is 0 Å².